The Morgan fingerprint density at radius 2 is 1.63 bits per heavy atom. The first kappa shape index (κ1) is 13.4. The standard InChI is InChI=1S/C16H18O3/c1-11-4-6-12(7-5-11)16(17)14-10-13(18-2)8-9-15(14)19-3/h4-10,16-17H,1-3H3. The molecule has 2 rings (SSSR count). The van der Waals surface area contributed by atoms with E-state index >= 15 is 0 Å². The van der Waals surface area contributed by atoms with Crippen LogP contribution < -0.4 is 9.47 Å². The Kier molecular flexibility index (Phi) is 4.07. The van der Waals surface area contributed by atoms with Gasteiger partial charge in [0.25, 0.3) is 0 Å². The third kappa shape index (κ3) is 2.88. The number of ether oxygens (including phenoxy) is 2. The molecule has 1 atom stereocenters. The third-order valence-corrected chi connectivity index (χ3v) is 3.12. The van der Waals surface area contributed by atoms with Crippen LogP contribution in [0.25, 0.3) is 0 Å². The Balaban J connectivity index is 2.41. The van der Waals surface area contributed by atoms with Gasteiger partial charge in [0.2, 0.25) is 0 Å². The summed E-state index contributed by atoms with van der Waals surface area (Å²) in [7, 11) is 3.19. The predicted molar refractivity (Wildman–Crippen MR) is 74.8 cm³/mol. The predicted octanol–water partition coefficient (Wildman–Crippen LogP) is 3.09. The molecule has 0 saturated heterocycles. The molecular formula is C16H18O3. The van der Waals surface area contributed by atoms with Gasteiger partial charge >= 0.3 is 0 Å². The summed E-state index contributed by atoms with van der Waals surface area (Å²) < 4.78 is 10.5. The Labute approximate surface area is 113 Å². The van der Waals surface area contributed by atoms with E-state index in [1.165, 1.54) is 0 Å². The van der Waals surface area contributed by atoms with Crippen molar-refractivity contribution in [3.63, 3.8) is 0 Å². The first-order valence-corrected chi connectivity index (χ1v) is 6.12. The maximum absolute atomic E-state index is 10.5. The highest BCUT2D eigenvalue weighted by molar-refractivity contribution is 5.45. The van der Waals surface area contributed by atoms with E-state index in [9.17, 15) is 5.11 Å². The van der Waals surface area contributed by atoms with E-state index in [-0.39, 0.29) is 0 Å². The van der Waals surface area contributed by atoms with Gasteiger partial charge in [-0.3, -0.25) is 0 Å². The molecule has 0 radical (unpaired) electrons. The molecule has 3 heteroatoms. The lowest BCUT2D eigenvalue weighted by Crippen LogP contribution is -2.03. The van der Waals surface area contributed by atoms with Crippen molar-refractivity contribution < 1.29 is 14.6 Å². The summed E-state index contributed by atoms with van der Waals surface area (Å²) in [6.45, 7) is 2.02. The minimum atomic E-state index is -0.731. The molecular weight excluding hydrogens is 240 g/mol. The molecule has 19 heavy (non-hydrogen) atoms. The Hall–Kier alpha value is -2.00. The fraction of sp³-hybridized carbons (Fsp3) is 0.250. The second-order valence-corrected chi connectivity index (χ2v) is 4.42. The zero-order valence-corrected chi connectivity index (χ0v) is 11.4. The largest absolute Gasteiger partial charge is 0.497 e. The van der Waals surface area contributed by atoms with Crippen LogP contribution in [0.15, 0.2) is 42.5 Å². The molecule has 0 heterocycles. The van der Waals surface area contributed by atoms with Crippen molar-refractivity contribution in [2.45, 2.75) is 13.0 Å². The van der Waals surface area contributed by atoms with Crippen molar-refractivity contribution in [2.24, 2.45) is 0 Å². The second-order valence-electron chi connectivity index (χ2n) is 4.42. The summed E-state index contributed by atoms with van der Waals surface area (Å²) in [6, 6.07) is 13.2. The highest BCUT2D eigenvalue weighted by Gasteiger charge is 2.16. The lowest BCUT2D eigenvalue weighted by molar-refractivity contribution is 0.214. The van der Waals surface area contributed by atoms with Crippen LogP contribution in [0.2, 0.25) is 0 Å². The maximum Gasteiger partial charge on any atom is 0.125 e. The van der Waals surface area contributed by atoms with Crippen LogP contribution in [0.4, 0.5) is 0 Å². The van der Waals surface area contributed by atoms with Crippen LogP contribution in [0.5, 0.6) is 11.5 Å². The van der Waals surface area contributed by atoms with Crippen LogP contribution in [-0.4, -0.2) is 19.3 Å². The van der Waals surface area contributed by atoms with E-state index in [0.717, 1.165) is 11.1 Å². The van der Waals surface area contributed by atoms with Gasteiger partial charge in [0.1, 0.15) is 17.6 Å². The summed E-state index contributed by atoms with van der Waals surface area (Å²) in [5.74, 6) is 1.34. The van der Waals surface area contributed by atoms with Crippen molar-refractivity contribution in [3.05, 3.63) is 59.2 Å². The Bertz CT molecular complexity index is 546. The quantitative estimate of drug-likeness (QED) is 0.915. The molecule has 0 bridgehead atoms. The van der Waals surface area contributed by atoms with Crippen molar-refractivity contribution in [2.75, 3.05) is 14.2 Å². The summed E-state index contributed by atoms with van der Waals surface area (Å²) in [5, 5.41) is 10.5. The molecule has 0 amide bonds. The number of methoxy groups -OCH3 is 2. The molecule has 0 aliphatic heterocycles. The fourth-order valence-electron chi connectivity index (χ4n) is 1.98. The lowest BCUT2D eigenvalue weighted by Gasteiger charge is -2.16. The molecule has 0 saturated carbocycles. The fourth-order valence-corrected chi connectivity index (χ4v) is 1.98. The molecule has 3 nitrogen and oxygen atoms in total. The second kappa shape index (κ2) is 5.76. The SMILES string of the molecule is COc1ccc(OC)c(C(O)c2ccc(C)cc2)c1. The average Bonchev–Trinajstić information content (AvgIpc) is 2.46. The third-order valence-electron chi connectivity index (χ3n) is 3.12. The summed E-state index contributed by atoms with van der Waals surface area (Å²) >= 11 is 0. The Morgan fingerprint density at radius 1 is 0.947 bits per heavy atom. The zero-order valence-electron chi connectivity index (χ0n) is 11.4. The number of aliphatic hydroxyl groups is 1. The normalized spacial score (nSPS) is 12.0. The van der Waals surface area contributed by atoms with Crippen molar-refractivity contribution >= 4 is 0 Å². The number of hydrogen-bond acceptors (Lipinski definition) is 3. The van der Waals surface area contributed by atoms with Gasteiger partial charge in [0, 0.05) is 5.56 Å². The van der Waals surface area contributed by atoms with Gasteiger partial charge in [-0.05, 0) is 30.7 Å². The maximum atomic E-state index is 10.5. The molecule has 0 fully saturated rings. The minimum absolute atomic E-state index is 0.647. The Morgan fingerprint density at radius 3 is 2.21 bits per heavy atom. The summed E-state index contributed by atoms with van der Waals surface area (Å²) in [4.78, 5) is 0. The van der Waals surface area contributed by atoms with Crippen molar-refractivity contribution in [3.8, 4) is 11.5 Å². The van der Waals surface area contributed by atoms with Crippen LogP contribution in [0.1, 0.15) is 22.8 Å². The molecule has 1 N–H and O–H groups in total. The van der Waals surface area contributed by atoms with Gasteiger partial charge in [-0.1, -0.05) is 29.8 Å². The van der Waals surface area contributed by atoms with Gasteiger partial charge < -0.3 is 14.6 Å². The molecule has 0 aliphatic carbocycles. The van der Waals surface area contributed by atoms with E-state index < -0.39 is 6.10 Å². The van der Waals surface area contributed by atoms with E-state index in [2.05, 4.69) is 0 Å². The monoisotopic (exact) mass is 258 g/mol. The lowest BCUT2D eigenvalue weighted by atomic mass is 9.99. The first-order chi connectivity index (χ1) is 9.15. The minimum Gasteiger partial charge on any atom is -0.497 e. The molecule has 0 aliphatic rings. The molecule has 100 valence electrons. The van der Waals surface area contributed by atoms with Gasteiger partial charge in [-0.25, -0.2) is 0 Å². The summed E-state index contributed by atoms with van der Waals surface area (Å²) in [6.07, 6.45) is -0.731. The van der Waals surface area contributed by atoms with Crippen LogP contribution >= 0.6 is 0 Å². The van der Waals surface area contributed by atoms with Crippen molar-refractivity contribution in [1.82, 2.24) is 0 Å². The topological polar surface area (TPSA) is 38.7 Å². The molecule has 2 aromatic rings. The van der Waals surface area contributed by atoms with Crippen molar-refractivity contribution in [1.29, 1.82) is 0 Å². The van der Waals surface area contributed by atoms with Gasteiger partial charge in [0.15, 0.2) is 0 Å². The van der Waals surface area contributed by atoms with Crippen LogP contribution in [-0.2, 0) is 0 Å². The summed E-state index contributed by atoms with van der Waals surface area (Å²) in [5.41, 5.74) is 2.69. The number of benzene rings is 2. The molecule has 0 spiro atoms. The van der Waals surface area contributed by atoms with Gasteiger partial charge in [0.05, 0.1) is 14.2 Å². The molecule has 1 unspecified atom stereocenters. The van der Waals surface area contributed by atoms with E-state index in [1.807, 2.05) is 37.3 Å². The van der Waals surface area contributed by atoms with E-state index in [4.69, 9.17) is 9.47 Å². The van der Waals surface area contributed by atoms with E-state index in [0.29, 0.717) is 17.1 Å². The number of aryl methyl sites for hydroxylation is 1. The first-order valence-electron chi connectivity index (χ1n) is 6.12. The number of hydrogen-bond donors (Lipinski definition) is 1. The molecule has 0 aromatic heterocycles. The number of rotatable bonds is 4. The highest BCUT2D eigenvalue weighted by atomic mass is 16.5. The molecule has 2 aromatic carbocycles. The average molecular weight is 258 g/mol. The highest BCUT2D eigenvalue weighted by Crippen LogP contribution is 2.33. The zero-order chi connectivity index (χ0) is 13.8. The number of aliphatic hydroxyl groups excluding tert-OH is 1. The van der Waals surface area contributed by atoms with Gasteiger partial charge in [-0.2, -0.15) is 0 Å². The van der Waals surface area contributed by atoms with Gasteiger partial charge in [-0.15, -0.1) is 0 Å². The van der Waals surface area contributed by atoms with Crippen LogP contribution in [0.3, 0.4) is 0 Å². The van der Waals surface area contributed by atoms with E-state index in [1.54, 1.807) is 26.4 Å². The van der Waals surface area contributed by atoms with Crippen LogP contribution in [0, 0.1) is 6.92 Å². The smallest absolute Gasteiger partial charge is 0.125 e.